The number of imidazole rings is 1. The van der Waals surface area contributed by atoms with Crippen LogP contribution in [0.25, 0.3) is 11.4 Å². The van der Waals surface area contributed by atoms with Crippen molar-refractivity contribution in [2.24, 2.45) is 0 Å². The number of nitrogens with zero attached hydrogens (tertiary/aromatic N) is 4. The van der Waals surface area contributed by atoms with Crippen molar-refractivity contribution in [2.75, 3.05) is 0 Å². The molecule has 2 heterocycles. The van der Waals surface area contributed by atoms with E-state index in [0.29, 0.717) is 17.2 Å². The van der Waals surface area contributed by atoms with E-state index in [-0.39, 0.29) is 6.47 Å². The van der Waals surface area contributed by atoms with E-state index in [1.807, 2.05) is 18.2 Å². The molecule has 1 aromatic carbocycles. The summed E-state index contributed by atoms with van der Waals surface area (Å²) < 4.78 is 4.75. The van der Waals surface area contributed by atoms with Gasteiger partial charge in [0.15, 0.2) is 5.82 Å². The SMILES string of the molecule is Cc1nc[nH]c1C(c1cccc(-c2nnn[nH]2)c1)C(O)OC=O. The number of aromatic nitrogens is 6. The summed E-state index contributed by atoms with van der Waals surface area (Å²) >= 11 is 0. The Labute approximate surface area is 130 Å². The Morgan fingerprint density at radius 3 is 2.91 bits per heavy atom. The van der Waals surface area contributed by atoms with Crippen LogP contribution in [0.1, 0.15) is 22.9 Å². The number of rotatable bonds is 6. The third-order valence-corrected chi connectivity index (χ3v) is 3.52. The van der Waals surface area contributed by atoms with Crippen LogP contribution in [-0.2, 0) is 9.53 Å². The summed E-state index contributed by atoms with van der Waals surface area (Å²) in [6.07, 6.45) is 0.171. The highest BCUT2D eigenvalue weighted by Crippen LogP contribution is 2.31. The van der Waals surface area contributed by atoms with E-state index in [4.69, 9.17) is 4.74 Å². The topological polar surface area (TPSA) is 130 Å². The molecular formula is C14H14N6O3. The predicted octanol–water partition coefficient (Wildman–Crippen LogP) is 0.522. The number of aliphatic hydroxyl groups is 1. The van der Waals surface area contributed by atoms with Crippen LogP contribution in [0.2, 0.25) is 0 Å². The van der Waals surface area contributed by atoms with Crippen LogP contribution in [0, 0.1) is 6.92 Å². The maximum atomic E-state index is 10.6. The van der Waals surface area contributed by atoms with Crippen LogP contribution < -0.4 is 0 Å². The Bertz CT molecular complexity index is 785. The molecule has 0 aliphatic heterocycles. The summed E-state index contributed by atoms with van der Waals surface area (Å²) in [6, 6.07) is 7.26. The molecule has 0 amide bonds. The van der Waals surface area contributed by atoms with Gasteiger partial charge >= 0.3 is 0 Å². The maximum Gasteiger partial charge on any atom is 0.295 e. The summed E-state index contributed by atoms with van der Waals surface area (Å²) in [6.45, 7) is 2.02. The zero-order chi connectivity index (χ0) is 16.2. The molecule has 2 atom stereocenters. The Morgan fingerprint density at radius 1 is 1.39 bits per heavy atom. The third kappa shape index (κ3) is 2.94. The zero-order valence-corrected chi connectivity index (χ0v) is 12.2. The van der Waals surface area contributed by atoms with Gasteiger partial charge in [0.25, 0.3) is 6.47 Å². The first-order chi connectivity index (χ1) is 11.2. The first kappa shape index (κ1) is 14.9. The van der Waals surface area contributed by atoms with Gasteiger partial charge in [0.05, 0.1) is 23.6 Å². The normalized spacial score (nSPS) is 13.5. The molecule has 0 spiro atoms. The lowest BCUT2D eigenvalue weighted by Gasteiger charge is -2.21. The summed E-state index contributed by atoms with van der Waals surface area (Å²) in [5.74, 6) is -0.115. The molecule has 23 heavy (non-hydrogen) atoms. The first-order valence-corrected chi connectivity index (χ1v) is 6.82. The number of aryl methyl sites for hydroxylation is 1. The van der Waals surface area contributed by atoms with Crippen molar-refractivity contribution in [3.05, 3.63) is 47.5 Å². The van der Waals surface area contributed by atoms with E-state index in [0.717, 1.165) is 11.1 Å². The number of ether oxygens (including phenoxy) is 1. The van der Waals surface area contributed by atoms with Crippen LogP contribution in [0.5, 0.6) is 0 Å². The molecule has 0 bridgehead atoms. The smallest absolute Gasteiger partial charge is 0.295 e. The largest absolute Gasteiger partial charge is 0.437 e. The number of benzene rings is 1. The van der Waals surface area contributed by atoms with Gasteiger partial charge in [-0.2, -0.15) is 0 Å². The summed E-state index contributed by atoms with van der Waals surface area (Å²) in [5, 5.41) is 23.9. The molecule has 0 aliphatic carbocycles. The van der Waals surface area contributed by atoms with E-state index >= 15 is 0 Å². The summed E-state index contributed by atoms with van der Waals surface area (Å²) in [5.41, 5.74) is 2.83. The Balaban J connectivity index is 2.05. The summed E-state index contributed by atoms with van der Waals surface area (Å²) in [7, 11) is 0. The van der Waals surface area contributed by atoms with Crippen molar-refractivity contribution in [2.45, 2.75) is 19.1 Å². The van der Waals surface area contributed by atoms with Crippen LogP contribution in [0.15, 0.2) is 30.6 Å². The predicted molar refractivity (Wildman–Crippen MR) is 77.9 cm³/mol. The van der Waals surface area contributed by atoms with E-state index in [1.165, 1.54) is 6.33 Å². The van der Waals surface area contributed by atoms with Gasteiger partial charge in [-0.3, -0.25) is 4.79 Å². The van der Waals surface area contributed by atoms with Gasteiger partial charge in [0.1, 0.15) is 0 Å². The quantitative estimate of drug-likeness (QED) is 0.446. The lowest BCUT2D eigenvalue weighted by molar-refractivity contribution is -0.153. The van der Waals surface area contributed by atoms with Crippen molar-refractivity contribution in [3.63, 3.8) is 0 Å². The molecule has 0 radical (unpaired) electrons. The van der Waals surface area contributed by atoms with Crippen LogP contribution in [0.4, 0.5) is 0 Å². The second-order valence-electron chi connectivity index (χ2n) is 4.88. The van der Waals surface area contributed by atoms with Gasteiger partial charge in [-0.25, -0.2) is 10.1 Å². The van der Waals surface area contributed by atoms with Crippen LogP contribution in [0.3, 0.4) is 0 Å². The molecule has 3 aromatic rings. The van der Waals surface area contributed by atoms with Crippen molar-refractivity contribution >= 4 is 6.47 Å². The molecule has 2 unspecified atom stereocenters. The van der Waals surface area contributed by atoms with Crippen LogP contribution in [-0.4, -0.2) is 48.5 Å². The van der Waals surface area contributed by atoms with Crippen LogP contribution >= 0.6 is 0 Å². The van der Waals surface area contributed by atoms with Crippen molar-refractivity contribution < 1.29 is 14.6 Å². The molecule has 0 saturated carbocycles. The second-order valence-corrected chi connectivity index (χ2v) is 4.88. The molecule has 9 heteroatoms. The number of carbonyl (C=O) groups is 1. The molecule has 0 fully saturated rings. The average molecular weight is 314 g/mol. The lowest BCUT2D eigenvalue weighted by atomic mass is 9.92. The average Bonchev–Trinajstić information content (AvgIpc) is 3.21. The molecule has 0 saturated heterocycles. The first-order valence-electron chi connectivity index (χ1n) is 6.82. The molecule has 3 rings (SSSR count). The number of aromatic amines is 2. The van der Waals surface area contributed by atoms with Gasteiger partial charge in [-0.1, -0.05) is 18.2 Å². The molecule has 0 aliphatic rings. The summed E-state index contributed by atoms with van der Waals surface area (Å²) in [4.78, 5) is 17.7. The van der Waals surface area contributed by atoms with E-state index in [1.54, 1.807) is 13.0 Å². The van der Waals surface area contributed by atoms with E-state index in [2.05, 4.69) is 30.6 Å². The highest BCUT2D eigenvalue weighted by molar-refractivity contribution is 5.56. The molecule has 9 nitrogen and oxygen atoms in total. The number of carbonyl (C=O) groups excluding carboxylic acids is 1. The number of hydrogen-bond donors (Lipinski definition) is 3. The monoisotopic (exact) mass is 314 g/mol. The molecular weight excluding hydrogens is 300 g/mol. The molecule has 118 valence electrons. The highest BCUT2D eigenvalue weighted by atomic mass is 16.6. The van der Waals surface area contributed by atoms with Crippen molar-refractivity contribution in [1.29, 1.82) is 0 Å². The van der Waals surface area contributed by atoms with Gasteiger partial charge in [-0.05, 0) is 29.0 Å². The fraction of sp³-hybridized carbons (Fsp3) is 0.214. The fourth-order valence-electron chi connectivity index (χ4n) is 2.46. The minimum absolute atomic E-state index is 0.216. The van der Waals surface area contributed by atoms with Gasteiger partial charge < -0.3 is 14.8 Å². The number of aliphatic hydroxyl groups excluding tert-OH is 1. The standard InChI is InChI=1S/C14H14N6O3/c1-8-12(16-6-15-8)11(14(22)23-7-21)9-3-2-4-10(5-9)13-17-19-20-18-13/h2-7,11,14,22H,1H3,(H,15,16)(H,17,18,19,20). The number of H-pyrrole nitrogens is 2. The highest BCUT2D eigenvalue weighted by Gasteiger charge is 2.28. The van der Waals surface area contributed by atoms with Crippen molar-refractivity contribution in [1.82, 2.24) is 30.6 Å². The Hall–Kier alpha value is -3.07. The Kier molecular flexibility index (Phi) is 4.11. The lowest BCUT2D eigenvalue weighted by Crippen LogP contribution is -2.23. The molecule has 2 aromatic heterocycles. The minimum atomic E-state index is -1.35. The number of nitrogens with one attached hydrogen (secondary N) is 2. The zero-order valence-electron chi connectivity index (χ0n) is 12.2. The number of hydrogen-bond acceptors (Lipinski definition) is 7. The van der Waals surface area contributed by atoms with Gasteiger partial charge in [-0.15, -0.1) is 5.10 Å². The molecule has 3 N–H and O–H groups in total. The third-order valence-electron chi connectivity index (χ3n) is 3.52. The number of tetrazole rings is 1. The Morgan fingerprint density at radius 2 is 2.26 bits per heavy atom. The maximum absolute atomic E-state index is 10.6. The van der Waals surface area contributed by atoms with Crippen molar-refractivity contribution in [3.8, 4) is 11.4 Å². The van der Waals surface area contributed by atoms with Gasteiger partial charge in [0.2, 0.25) is 6.29 Å². The van der Waals surface area contributed by atoms with E-state index in [9.17, 15) is 9.90 Å². The fourth-order valence-corrected chi connectivity index (χ4v) is 2.46. The minimum Gasteiger partial charge on any atom is -0.437 e. The van der Waals surface area contributed by atoms with E-state index < -0.39 is 12.2 Å². The second kappa shape index (κ2) is 6.36. The van der Waals surface area contributed by atoms with Gasteiger partial charge in [0, 0.05) is 5.56 Å².